The number of nitrogens with zero attached hydrogens (tertiary/aromatic N) is 5. The lowest BCUT2D eigenvalue weighted by Crippen LogP contribution is -2.46. The van der Waals surface area contributed by atoms with Gasteiger partial charge in [0.05, 0.1) is 5.71 Å². The number of hydrogen-bond acceptors (Lipinski definition) is 5. The Morgan fingerprint density at radius 1 is 1.03 bits per heavy atom. The zero-order valence-electron chi connectivity index (χ0n) is 22.5. The molecule has 0 N–H and O–H groups in total. The lowest BCUT2D eigenvalue weighted by molar-refractivity contribution is -0.118. The zero-order chi connectivity index (χ0) is 25.9. The van der Waals surface area contributed by atoms with Gasteiger partial charge in [-0.15, -0.1) is 0 Å². The molecule has 2 heterocycles. The number of rotatable bonds is 6. The molecule has 2 aliphatic carbocycles. The summed E-state index contributed by atoms with van der Waals surface area (Å²) in [4.78, 5) is 43.7. The molecule has 3 aliphatic rings. The van der Waals surface area contributed by atoms with Gasteiger partial charge in [0.25, 0.3) is 5.91 Å². The maximum Gasteiger partial charge on any atom is 0.253 e. The van der Waals surface area contributed by atoms with Crippen LogP contribution in [0.1, 0.15) is 90.8 Å². The summed E-state index contributed by atoms with van der Waals surface area (Å²) in [6.45, 7) is 5.65. The van der Waals surface area contributed by atoms with Crippen LogP contribution >= 0.6 is 0 Å². The number of aliphatic imine (C=N–C) groups is 1. The highest BCUT2D eigenvalue weighted by Crippen LogP contribution is 2.30. The molecule has 0 bridgehead atoms. The van der Waals surface area contributed by atoms with E-state index in [9.17, 15) is 9.59 Å². The lowest BCUT2D eigenvalue weighted by Gasteiger charge is -2.37. The second kappa shape index (κ2) is 11.1. The fourth-order valence-corrected chi connectivity index (χ4v) is 6.24. The van der Waals surface area contributed by atoms with E-state index in [1.165, 1.54) is 31.2 Å². The molecule has 2 aromatic rings. The Balaban J connectivity index is 1.21. The van der Waals surface area contributed by atoms with Gasteiger partial charge < -0.3 is 9.80 Å². The number of fused-ring (bicyclic) bond motifs is 1. The van der Waals surface area contributed by atoms with Crippen LogP contribution in [0, 0.1) is 19.8 Å². The number of hydrogen-bond donors (Lipinski definition) is 0. The summed E-state index contributed by atoms with van der Waals surface area (Å²) in [5.41, 5.74) is 4.68. The molecule has 0 atom stereocenters. The molecular formula is C30H39N5O2. The predicted octanol–water partition coefficient (Wildman–Crippen LogP) is 5.07. The highest BCUT2D eigenvalue weighted by atomic mass is 16.2. The van der Waals surface area contributed by atoms with Gasteiger partial charge in [-0.05, 0) is 69.6 Å². The van der Waals surface area contributed by atoms with Crippen LogP contribution in [0.5, 0.6) is 0 Å². The fourth-order valence-electron chi connectivity index (χ4n) is 6.24. The van der Waals surface area contributed by atoms with Crippen LogP contribution in [-0.2, 0) is 11.2 Å². The minimum atomic E-state index is -0.00979. The third kappa shape index (κ3) is 5.91. The number of carbonyl (C=O) groups is 2. The number of amides is 2. The lowest BCUT2D eigenvalue weighted by atomic mass is 10.0. The molecule has 7 nitrogen and oxygen atoms in total. The van der Waals surface area contributed by atoms with E-state index in [1.54, 1.807) is 0 Å². The first kappa shape index (κ1) is 25.6. The second-order valence-electron chi connectivity index (χ2n) is 11.1. The zero-order valence-corrected chi connectivity index (χ0v) is 22.5. The Kier molecular flexibility index (Phi) is 7.68. The number of carbonyl (C=O) groups excluding carboxylic acids is 2. The van der Waals surface area contributed by atoms with Gasteiger partial charge in [0.1, 0.15) is 11.6 Å². The second-order valence-corrected chi connectivity index (χ2v) is 11.1. The molecule has 1 aromatic carbocycles. The van der Waals surface area contributed by atoms with Crippen molar-refractivity contribution in [3.05, 3.63) is 52.5 Å². The highest BCUT2D eigenvalue weighted by Gasteiger charge is 2.28. The van der Waals surface area contributed by atoms with Gasteiger partial charge in [-0.25, -0.2) is 15.0 Å². The standard InChI is InChI=1S/C30H39N5O2/c1-20-18-28(32-21(2)31-20)35-16-14-25(15-17-35)34(3)30(37)24-10-9-23-11-12-27(26(23)19-24)33-29(36)13-8-22-6-4-5-7-22/h9-10,18-19,22,25H,4-8,11-17H2,1-3H3. The summed E-state index contributed by atoms with van der Waals surface area (Å²) in [5.74, 6) is 2.49. The topological polar surface area (TPSA) is 78.8 Å². The number of anilines is 1. The van der Waals surface area contributed by atoms with E-state index in [2.05, 4.69) is 19.9 Å². The SMILES string of the molecule is Cc1cc(N2CCC(N(C)C(=O)c3ccc4c(c3)C(=NC(=O)CCC3CCCC3)CC4)CC2)nc(C)n1. The number of aromatic nitrogens is 2. The molecule has 1 aromatic heterocycles. The average Bonchev–Trinajstić information content (AvgIpc) is 3.56. The van der Waals surface area contributed by atoms with Gasteiger partial charge in [-0.3, -0.25) is 9.59 Å². The van der Waals surface area contributed by atoms with Crippen molar-refractivity contribution in [2.45, 2.75) is 84.1 Å². The first-order valence-electron chi connectivity index (χ1n) is 14.0. The van der Waals surface area contributed by atoms with Crippen molar-refractivity contribution >= 4 is 23.3 Å². The van der Waals surface area contributed by atoms with E-state index >= 15 is 0 Å². The first-order chi connectivity index (χ1) is 17.9. The molecule has 1 aliphatic heterocycles. The Labute approximate surface area is 220 Å². The smallest absolute Gasteiger partial charge is 0.253 e. The third-order valence-electron chi connectivity index (χ3n) is 8.41. The van der Waals surface area contributed by atoms with Crippen LogP contribution in [0.4, 0.5) is 5.82 Å². The minimum absolute atomic E-state index is 0.00979. The molecule has 0 unspecified atom stereocenters. The third-order valence-corrected chi connectivity index (χ3v) is 8.41. The molecule has 2 amide bonds. The molecular weight excluding hydrogens is 462 g/mol. The van der Waals surface area contributed by atoms with E-state index in [-0.39, 0.29) is 17.9 Å². The summed E-state index contributed by atoms with van der Waals surface area (Å²) in [6, 6.07) is 8.16. The molecule has 0 radical (unpaired) electrons. The summed E-state index contributed by atoms with van der Waals surface area (Å²) < 4.78 is 0. The molecule has 2 fully saturated rings. The summed E-state index contributed by atoms with van der Waals surface area (Å²) in [7, 11) is 1.91. The van der Waals surface area contributed by atoms with Crippen LogP contribution < -0.4 is 4.90 Å². The van der Waals surface area contributed by atoms with Crippen molar-refractivity contribution < 1.29 is 9.59 Å². The normalized spacial score (nSPS) is 19.4. The van der Waals surface area contributed by atoms with Crippen molar-refractivity contribution in [2.24, 2.45) is 10.9 Å². The Bertz CT molecular complexity index is 1170. The Hall–Kier alpha value is -3.09. The van der Waals surface area contributed by atoms with Crippen molar-refractivity contribution in [2.75, 3.05) is 25.0 Å². The van der Waals surface area contributed by atoms with Gasteiger partial charge >= 0.3 is 0 Å². The molecule has 1 saturated carbocycles. The maximum atomic E-state index is 13.4. The summed E-state index contributed by atoms with van der Waals surface area (Å²) >= 11 is 0. The van der Waals surface area contributed by atoms with Gasteiger partial charge in [0, 0.05) is 55.5 Å². The number of aryl methyl sites for hydroxylation is 3. The summed E-state index contributed by atoms with van der Waals surface area (Å²) in [5, 5.41) is 0. The molecule has 5 rings (SSSR count). The average molecular weight is 502 g/mol. The van der Waals surface area contributed by atoms with Crippen molar-refractivity contribution in [1.82, 2.24) is 14.9 Å². The van der Waals surface area contributed by atoms with Crippen LogP contribution in [0.25, 0.3) is 0 Å². The molecule has 1 saturated heterocycles. The van der Waals surface area contributed by atoms with E-state index in [0.717, 1.165) is 73.8 Å². The molecule has 0 spiro atoms. The van der Waals surface area contributed by atoms with Crippen LogP contribution in [0.15, 0.2) is 29.3 Å². The van der Waals surface area contributed by atoms with Crippen LogP contribution in [-0.4, -0.2) is 58.6 Å². The van der Waals surface area contributed by atoms with Crippen molar-refractivity contribution in [3.63, 3.8) is 0 Å². The van der Waals surface area contributed by atoms with Crippen LogP contribution in [0.2, 0.25) is 0 Å². The monoisotopic (exact) mass is 501 g/mol. The minimum Gasteiger partial charge on any atom is -0.356 e. The number of benzene rings is 1. The van der Waals surface area contributed by atoms with Gasteiger partial charge in [0.2, 0.25) is 5.91 Å². The molecule has 37 heavy (non-hydrogen) atoms. The van der Waals surface area contributed by atoms with Gasteiger partial charge in [-0.2, -0.15) is 0 Å². The van der Waals surface area contributed by atoms with E-state index < -0.39 is 0 Å². The predicted molar refractivity (Wildman–Crippen MR) is 146 cm³/mol. The maximum absolute atomic E-state index is 13.4. The fraction of sp³-hybridized carbons (Fsp3) is 0.567. The Morgan fingerprint density at radius 3 is 2.51 bits per heavy atom. The summed E-state index contributed by atoms with van der Waals surface area (Å²) in [6.07, 6.45) is 10.1. The van der Waals surface area contributed by atoms with E-state index in [1.807, 2.05) is 50.1 Å². The molecule has 7 heteroatoms. The molecule has 196 valence electrons. The quantitative estimate of drug-likeness (QED) is 0.552. The number of piperidine rings is 1. The van der Waals surface area contributed by atoms with E-state index in [0.29, 0.717) is 17.9 Å². The van der Waals surface area contributed by atoms with Gasteiger partial charge in [0.15, 0.2) is 0 Å². The van der Waals surface area contributed by atoms with Crippen LogP contribution in [0.3, 0.4) is 0 Å². The largest absolute Gasteiger partial charge is 0.356 e. The van der Waals surface area contributed by atoms with Crippen molar-refractivity contribution in [1.29, 1.82) is 0 Å². The van der Waals surface area contributed by atoms with Crippen molar-refractivity contribution in [3.8, 4) is 0 Å². The van der Waals surface area contributed by atoms with Gasteiger partial charge in [-0.1, -0.05) is 31.7 Å². The highest BCUT2D eigenvalue weighted by molar-refractivity contribution is 6.10. The van der Waals surface area contributed by atoms with E-state index in [4.69, 9.17) is 0 Å². The Morgan fingerprint density at radius 2 is 1.78 bits per heavy atom. The first-order valence-corrected chi connectivity index (χ1v) is 14.0.